The average molecular weight is 543 g/mol. The van der Waals surface area contributed by atoms with Crippen molar-refractivity contribution in [3.63, 3.8) is 0 Å². The molecule has 3 rings (SSSR count). The fourth-order valence-corrected chi connectivity index (χ4v) is 3.17. The number of halogens is 1. The molecule has 0 atom stereocenters. The number of benzene rings is 1. The Balaban J connectivity index is 0.00000341. The Hall–Kier alpha value is -1.88. The lowest BCUT2D eigenvalue weighted by Crippen LogP contribution is -2.49. The SMILES string of the molecule is CCNC(=NCc1ccc(C(=O)N2CCNC(=O)C2)cc1)NCCCOCC1CC1.I. The predicted molar refractivity (Wildman–Crippen MR) is 132 cm³/mol. The van der Waals surface area contributed by atoms with Crippen LogP contribution >= 0.6 is 24.0 Å². The maximum atomic E-state index is 12.5. The van der Waals surface area contributed by atoms with Gasteiger partial charge in [0.1, 0.15) is 0 Å². The van der Waals surface area contributed by atoms with Gasteiger partial charge in [0, 0.05) is 45.0 Å². The first kappa shape index (κ1) is 25.4. The van der Waals surface area contributed by atoms with Crippen molar-refractivity contribution in [1.82, 2.24) is 20.9 Å². The number of carbonyl (C=O) groups excluding carboxylic acids is 2. The van der Waals surface area contributed by atoms with Crippen molar-refractivity contribution in [3.8, 4) is 0 Å². The summed E-state index contributed by atoms with van der Waals surface area (Å²) in [5.41, 5.74) is 1.61. The average Bonchev–Trinajstić information content (AvgIpc) is 3.58. The summed E-state index contributed by atoms with van der Waals surface area (Å²) in [5.74, 6) is 1.36. The summed E-state index contributed by atoms with van der Waals surface area (Å²) in [4.78, 5) is 30.2. The molecule has 0 bridgehead atoms. The summed E-state index contributed by atoms with van der Waals surface area (Å²) in [6.45, 7) is 7.01. The van der Waals surface area contributed by atoms with Crippen LogP contribution in [0, 0.1) is 5.92 Å². The second-order valence-corrected chi connectivity index (χ2v) is 7.77. The summed E-state index contributed by atoms with van der Waals surface area (Å²) in [6.07, 6.45) is 3.59. The Morgan fingerprint density at radius 2 is 2.03 bits per heavy atom. The van der Waals surface area contributed by atoms with Gasteiger partial charge in [-0.1, -0.05) is 12.1 Å². The van der Waals surface area contributed by atoms with Crippen LogP contribution in [0.25, 0.3) is 0 Å². The zero-order chi connectivity index (χ0) is 21.2. The van der Waals surface area contributed by atoms with Crippen molar-refractivity contribution in [1.29, 1.82) is 0 Å². The van der Waals surface area contributed by atoms with Crippen molar-refractivity contribution >= 4 is 41.8 Å². The monoisotopic (exact) mass is 543 g/mol. The lowest BCUT2D eigenvalue weighted by molar-refractivity contribution is -0.123. The quantitative estimate of drug-likeness (QED) is 0.181. The van der Waals surface area contributed by atoms with Crippen LogP contribution < -0.4 is 16.0 Å². The number of nitrogens with one attached hydrogen (secondary N) is 3. The molecule has 0 spiro atoms. The topological polar surface area (TPSA) is 95.1 Å². The van der Waals surface area contributed by atoms with Gasteiger partial charge in [0.05, 0.1) is 13.1 Å². The third-order valence-corrected chi connectivity index (χ3v) is 5.10. The summed E-state index contributed by atoms with van der Waals surface area (Å²) in [6, 6.07) is 7.43. The lowest BCUT2D eigenvalue weighted by Gasteiger charge is -2.26. The minimum atomic E-state index is -0.113. The number of piperazine rings is 1. The summed E-state index contributed by atoms with van der Waals surface area (Å²) >= 11 is 0. The van der Waals surface area contributed by atoms with Crippen molar-refractivity contribution in [3.05, 3.63) is 35.4 Å². The van der Waals surface area contributed by atoms with Gasteiger partial charge < -0.3 is 25.6 Å². The smallest absolute Gasteiger partial charge is 0.254 e. The molecule has 2 fully saturated rings. The van der Waals surface area contributed by atoms with E-state index in [2.05, 4.69) is 20.9 Å². The molecule has 172 valence electrons. The van der Waals surface area contributed by atoms with E-state index in [0.717, 1.165) is 50.2 Å². The summed E-state index contributed by atoms with van der Waals surface area (Å²) in [7, 11) is 0. The van der Waals surface area contributed by atoms with Gasteiger partial charge in [-0.15, -0.1) is 24.0 Å². The Labute approximate surface area is 201 Å². The second kappa shape index (κ2) is 13.5. The first-order chi connectivity index (χ1) is 14.7. The van der Waals surface area contributed by atoms with Crippen molar-refractivity contribution in [2.75, 3.05) is 45.9 Å². The standard InChI is InChI=1S/C22H33N5O3.HI/c1-2-23-22(25-10-3-13-30-16-18-4-5-18)26-14-17-6-8-19(9-7-17)21(29)27-12-11-24-20(28)15-27;/h6-9,18H,2-5,10-16H2,1H3,(H,24,28)(H2,23,25,26);1H. The molecule has 1 saturated carbocycles. The summed E-state index contributed by atoms with van der Waals surface area (Å²) < 4.78 is 5.66. The van der Waals surface area contributed by atoms with Crippen LogP contribution in [-0.4, -0.2) is 68.6 Å². The van der Waals surface area contributed by atoms with E-state index in [1.54, 1.807) is 17.0 Å². The molecule has 1 aromatic rings. The van der Waals surface area contributed by atoms with Gasteiger partial charge in [-0.05, 0) is 49.8 Å². The van der Waals surface area contributed by atoms with Gasteiger partial charge in [0.25, 0.3) is 5.91 Å². The highest BCUT2D eigenvalue weighted by Gasteiger charge is 2.22. The van der Waals surface area contributed by atoms with Crippen LogP contribution in [0.2, 0.25) is 0 Å². The fourth-order valence-electron chi connectivity index (χ4n) is 3.17. The van der Waals surface area contributed by atoms with E-state index in [-0.39, 0.29) is 42.3 Å². The molecule has 31 heavy (non-hydrogen) atoms. The minimum Gasteiger partial charge on any atom is -0.381 e. The van der Waals surface area contributed by atoms with Crippen LogP contribution in [0.1, 0.15) is 42.1 Å². The summed E-state index contributed by atoms with van der Waals surface area (Å²) in [5, 5.41) is 9.31. The van der Waals surface area contributed by atoms with Crippen molar-refractivity contribution < 1.29 is 14.3 Å². The van der Waals surface area contributed by atoms with Crippen LogP contribution in [0.3, 0.4) is 0 Å². The maximum absolute atomic E-state index is 12.5. The Morgan fingerprint density at radius 3 is 2.71 bits per heavy atom. The number of amides is 2. The molecule has 2 amide bonds. The molecule has 1 aliphatic heterocycles. The first-order valence-corrected chi connectivity index (χ1v) is 10.9. The molecule has 1 saturated heterocycles. The fraction of sp³-hybridized carbons (Fsp3) is 0.591. The minimum absolute atomic E-state index is 0. The van der Waals surface area contributed by atoms with Crippen LogP contribution in [-0.2, 0) is 16.1 Å². The number of hydrogen-bond acceptors (Lipinski definition) is 4. The van der Waals surface area contributed by atoms with Gasteiger partial charge in [-0.25, -0.2) is 4.99 Å². The van der Waals surface area contributed by atoms with Gasteiger partial charge in [0.2, 0.25) is 5.91 Å². The van der Waals surface area contributed by atoms with Gasteiger partial charge >= 0.3 is 0 Å². The molecule has 0 unspecified atom stereocenters. The Morgan fingerprint density at radius 1 is 1.26 bits per heavy atom. The number of guanidine groups is 1. The maximum Gasteiger partial charge on any atom is 0.254 e. The van der Waals surface area contributed by atoms with E-state index in [9.17, 15) is 9.59 Å². The lowest BCUT2D eigenvalue weighted by atomic mass is 10.1. The van der Waals surface area contributed by atoms with Crippen molar-refractivity contribution in [2.24, 2.45) is 10.9 Å². The highest BCUT2D eigenvalue weighted by molar-refractivity contribution is 14.0. The van der Waals surface area contributed by atoms with E-state index in [0.29, 0.717) is 25.2 Å². The molecule has 1 heterocycles. The molecule has 0 aromatic heterocycles. The Kier molecular flexibility index (Phi) is 11.1. The van der Waals surface area contributed by atoms with Crippen LogP contribution in [0.15, 0.2) is 29.3 Å². The van der Waals surface area contributed by atoms with Gasteiger partial charge in [0.15, 0.2) is 5.96 Å². The third kappa shape index (κ3) is 9.02. The third-order valence-electron chi connectivity index (χ3n) is 5.10. The van der Waals surface area contributed by atoms with Crippen LogP contribution in [0.4, 0.5) is 0 Å². The second-order valence-electron chi connectivity index (χ2n) is 7.77. The van der Waals surface area contributed by atoms with Gasteiger partial charge in [-0.2, -0.15) is 0 Å². The first-order valence-electron chi connectivity index (χ1n) is 10.9. The van der Waals surface area contributed by atoms with E-state index in [1.165, 1.54) is 12.8 Å². The van der Waals surface area contributed by atoms with Crippen LogP contribution in [0.5, 0.6) is 0 Å². The molecule has 1 aromatic carbocycles. The zero-order valence-corrected chi connectivity index (χ0v) is 20.5. The van der Waals surface area contributed by atoms with Gasteiger partial charge in [-0.3, -0.25) is 9.59 Å². The number of rotatable bonds is 10. The molecule has 2 aliphatic rings. The largest absolute Gasteiger partial charge is 0.381 e. The zero-order valence-electron chi connectivity index (χ0n) is 18.2. The molecule has 8 nitrogen and oxygen atoms in total. The molecule has 0 radical (unpaired) electrons. The molecular formula is C22H34IN5O3. The number of aliphatic imine (C=N–C) groups is 1. The normalized spacial score (nSPS) is 16.4. The van der Waals surface area contributed by atoms with E-state index in [4.69, 9.17) is 4.74 Å². The molecule has 3 N–H and O–H groups in total. The van der Waals surface area contributed by atoms with Crippen molar-refractivity contribution in [2.45, 2.75) is 32.7 Å². The molecule has 9 heteroatoms. The predicted octanol–water partition coefficient (Wildman–Crippen LogP) is 1.75. The number of nitrogens with zero attached hydrogens (tertiary/aromatic N) is 2. The number of ether oxygens (including phenoxy) is 1. The highest BCUT2D eigenvalue weighted by atomic mass is 127. The van der Waals surface area contributed by atoms with E-state index >= 15 is 0 Å². The number of carbonyl (C=O) groups is 2. The Bertz CT molecular complexity index is 737. The van der Waals surface area contributed by atoms with E-state index < -0.39 is 0 Å². The molecule has 1 aliphatic carbocycles. The molecular weight excluding hydrogens is 509 g/mol. The van der Waals surface area contributed by atoms with E-state index in [1.807, 2.05) is 19.1 Å². The highest BCUT2D eigenvalue weighted by Crippen LogP contribution is 2.28. The number of hydrogen-bond donors (Lipinski definition) is 3.